The van der Waals surface area contributed by atoms with Crippen molar-refractivity contribution in [2.45, 2.75) is 64.6 Å². The van der Waals surface area contributed by atoms with Gasteiger partial charge in [0.1, 0.15) is 5.82 Å². The average molecular weight is 322 g/mol. The van der Waals surface area contributed by atoms with Crippen molar-refractivity contribution in [3.63, 3.8) is 0 Å². The molecule has 1 unspecified atom stereocenters. The molecule has 0 aliphatic carbocycles. The van der Waals surface area contributed by atoms with Gasteiger partial charge in [-0.25, -0.2) is 9.78 Å². The summed E-state index contributed by atoms with van der Waals surface area (Å²) in [5.41, 5.74) is -0.143. The zero-order valence-electron chi connectivity index (χ0n) is 14.8. The highest BCUT2D eigenvalue weighted by atomic mass is 16.5. The Kier molecular flexibility index (Phi) is 6.04. The topological polar surface area (TPSA) is 59.4 Å². The van der Waals surface area contributed by atoms with E-state index in [4.69, 9.17) is 4.74 Å². The van der Waals surface area contributed by atoms with E-state index in [2.05, 4.69) is 35.6 Å². The summed E-state index contributed by atoms with van der Waals surface area (Å²) >= 11 is 0. The first-order valence-corrected chi connectivity index (χ1v) is 8.57. The minimum absolute atomic E-state index is 0.00838. The number of urea groups is 1. The Morgan fingerprint density at radius 3 is 3.04 bits per heavy atom. The lowest BCUT2D eigenvalue weighted by Crippen LogP contribution is -2.50. The molecule has 0 spiro atoms. The number of hydrogen-bond donors (Lipinski definition) is 1. The molecule has 1 aromatic rings. The van der Waals surface area contributed by atoms with Crippen molar-refractivity contribution in [2.75, 3.05) is 20.2 Å². The van der Waals surface area contributed by atoms with Gasteiger partial charge < -0.3 is 19.5 Å². The van der Waals surface area contributed by atoms with Gasteiger partial charge in [-0.15, -0.1) is 0 Å². The third-order valence-corrected chi connectivity index (χ3v) is 4.51. The third-order valence-electron chi connectivity index (χ3n) is 4.51. The highest BCUT2D eigenvalue weighted by molar-refractivity contribution is 5.74. The van der Waals surface area contributed by atoms with Gasteiger partial charge in [-0.3, -0.25) is 0 Å². The molecule has 1 aliphatic rings. The maximum atomic E-state index is 12.3. The monoisotopic (exact) mass is 322 g/mol. The number of aryl methyl sites for hydroxylation is 2. The van der Waals surface area contributed by atoms with Gasteiger partial charge in [-0.1, -0.05) is 6.92 Å². The lowest BCUT2D eigenvalue weighted by molar-refractivity contribution is -0.0744. The van der Waals surface area contributed by atoms with Crippen LogP contribution in [0, 0.1) is 0 Å². The minimum atomic E-state index is -0.143. The fourth-order valence-corrected chi connectivity index (χ4v) is 3.12. The second-order valence-corrected chi connectivity index (χ2v) is 6.84. The maximum Gasteiger partial charge on any atom is 0.317 e. The highest BCUT2D eigenvalue weighted by Crippen LogP contribution is 2.26. The van der Waals surface area contributed by atoms with E-state index in [0.717, 1.165) is 44.7 Å². The Bertz CT molecular complexity index is 512. The minimum Gasteiger partial charge on any atom is -0.375 e. The van der Waals surface area contributed by atoms with Gasteiger partial charge in [0, 0.05) is 51.6 Å². The van der Waals surface area contributed by atoms with Crippen molar-refractivity contribution >= 4 is 6.03 Å². The van der Waals surface area contributed by atoms with Crippen molar-refractivity contribution in [1.82, 2.24) is 19.8 Å². The van der Waals surface area contributed by atoms with E-state index >= 15 is 0 Å². The molecule has 0 radical (unpaired) electrons. The van der Waals surface area contributed by atoms with Gasteiger partial charge in [-0.05, 0) is 33.1 Å². The average Bonchev–Trinajstić information content (AvgIpc) is 2.97. The van der Waals surface area contributed by atoms with Crippen molar-refractivity contribution in [1.29, 1.82) is 0 Å². The Hall–Kier alpha value is -1.56. The number of imidazole rings is 1. The number of nitrogens with zero attached hydrogens (tertiary/aromatic N) is 3. The standard InChI is InChI=1S/C17H30N4O2/c1-5-15-18-9-11-21(15)10-6-8-19-16(22)20(4)14-7-12-23-17(2,3)13-14/h9,11,14H,5-8,10,12-13H2,1-4H3,(H,19,22). The van der Waals surface area contributed by atoms with E-state index in [1.807, 2.05) is 24.3 Å². The normalized spacial score (nSPS) is 20.3. The first kappa shape index (κ1) is 17.8. The van der Waals surface area contributed by atoms with E-state index in [1.54, 1.807) is 0 Å². The number of amides is 2. The fourth-order valence-electron chi connectivity index (χ4n) is 3.12. The summed E-state index contributed by atoms with van der Waals surface area (Å²) in [4.78, 5) is 18.4. The van der Waals surface area contributed by atoms with Crippen molar-refractivity contribution in [2.24, 2.45) is 0 Å². The molecule has 6 nitrogen and oxygen atoms in total. The number of rotatable bonds is 6. The van der Waals surface area contributed by atoms with Gasteiger partial charge in [0.05, 0.1) is 5.60 Å². The summed E-state index contributed by atoms with van der Waals surface area (Å²) in [5.74, 6) is 1.10. The van der Waals surface area contributed by atoms with Crippen LogP contribution in [0.3, 0.4) is 0 Å². The summed E-state index contributed by atoms with van der Waals surface area (Å²) in [7, 11) is 1.88. The van der Waals surface area contributed by atoms with Crippen LogP contribution in [-0.2, 0) is 17.7 Å². The number of nitrogens with one attached hydrogen (secondary N) is 1. The Balaban J connectivity index is 1.72. The summed E-state index contributed by atoms with van der Waals surface area (Å²) in [6.07, 6.45) is 7.45. The van der Waals surface area contributed by atoms with Crippen LogP contribution >= 0.6 is 0 Å². The van der Waals surface area contributed by atoms with Gasteiger partial charge in [-0.2, -0.15) is 0 Å². The number of carbonyl (C=O) groups excluding carboxylic acids is 1. The molecule has 130 valence electrons. The fraction of sp³-hybridized carbons (Fsp3) is 0.765. The molecule has 6 heteroatoms. The molecule has 1 fully saturated rings. The predicted molar refractivity (Wildman–Crippen MR) is 90.4 cm³/mol. The molecule has 2 amide bonds. The summed E-state index contributed by atoms with van der Waals surface area (Å²) in [6.45, 7) is 8.55. The van der Waals surface area contributed by atoms with Crippen LogP contribution < -0.4 is 5.32 Å². The zero-order chi connectivity index (χ0) is 16.9. The largest absolute Gasteiger partial charge is 0.375 e. The highest BCUT2D eigenvalue weighted by Gasteiger charge is 2.32. The predicted octanol–water partition coefficient (Wildman–Crippen LogP) is 2.43. The molecule has 1 aromatic heterocycles. The van der Waals surface area contributed by atoms with Crippen LogP contribution in [0.4, 0.5) is 4.79 Å². The van der Waals surface area contributed by atoms with E-state index in [-0.39, 0.29) is 17.7 Å². The molecule has 0 aromatic carbocycles. The lowest BCUT2D eigenvalue weighted by atomic mass is 9.93. The molecule has 2 rings (SSSR count). The lowest BCUT2D eigenvalue weighted by Gasteiger charge is -2.39. The van der Waals surface area contributed by atoms with Crippen LogP contribution in [0.1, 0.15) is 45.9 Å². The molecule has 0 saturated carbocycles. The molecule has 1 N–H and O–H groups in total. The van der Waals surface area contributed by atoms with E-state index in [1.165, 1.54) is 0 Å². The quantitative estimate of drug-likeness (QED) is 0.818. The molecule has 23 heavy (non-hydrogen) atoms. The van der Waals surface area contributed by atoms with E-state index < -0.39 is 0 Å². The van der Waals surface area contributed by atoms with Crippen LogP contribution in [0.2, 0.25) is 0 Å². The van der Waals surface area contributed by atoms with Gasteiger partial charge in [0.2, 0.25) is 0 Å². The second kappa shape index (κ2) is 7.81. The summed E-state index contributed by atoms with van der Waals surface area (Å²) < 4.78 is 7.87. The van der Waals surface area contributed by atoms with E-state index in [0.29, 0.717) is 6.54 Å². The Labute approximate surface area is 139 Å². The van der Waals surface area contributed by atoms with Crippen molar-refractivity contribution < 1.29 is 9.53 Å². The summed E-state index contributed by atoms with van der Waals surface area (Å²) in [5, 5.41) is 3.02. The van der Waals surface area contributed by atoms with Crippen LogP contribution in [0.25, 0.3) is 0 Å². The first-order valence-electron chi connectivity index (χ1n) is 8.57. The number of ether oxygens (including phenoxy) is 1. The van der Waals surface area contributed by atoms with Gasteiger partial charge in [0.25, 0.3) is 0 Å². The Morgan fingerprint density at radius 2 is 2.35 bits per heavy atom. The zero-order valence-corrected chi connectivity index (χ0v) is 14.8. The molecular formula is C17H30N4O2. The first-order chi connectivity index (χ1) is 10.9. The number of hydrogen-bond acceptors (Lipinski definition) is 3. The maximum absolute atomic E-state index is 12.3. The number of aromatic nitrogens is 2. The molecule has 0 bridgehead atoms. The Morgan fingerprint density at radius 1 is 1.57 bits per heavy atom. The smallest absolute Gasteiger partial charge is 0.317 e. The molecule has 1 atom stereocenters. The van der Waals surface area contributed by atoms with Gasteiger partial charge >= 0.3 is 6.03 Å². The molecule has 1 saturated heterocycles. The van der Waals surface area contributed by atoms with Crippen LogP contribution in [-0.4, -0.2) is 52.3 Å². The second-order valence-electron chi connectivity index (χ2n) is 6.84. The van der Waals surface area contributed by atoms with Crippen molar-refractivity contribution in [3.8, 4) is 0 Å². The SMILES string of the molecule is CCc1nccn1CCCNC(=O)N(C)C1CCOC(C)(C)C1. The summed E-state index contributed by atoms with van der Waals surface area (Å²) in [6, 6.07) is 0.258. The van der Waals surface area contributed by atoms with Gasteiger partial charge in [0.15, 0.2) is 0 Å². The molecular weight excluding hydrogens is 292 g/mol. The number of carbonyl (C=O) groups is 1. The van der Waals surface area contributed by atoms with E-state index in [9.17, 15) is 4.79 Å². The molecule has 1 aliphatic heterocycles. The van der Waals surface area contributed by atoms with Crippen LogP contribution in [0.5, 0.6) is 0 Å². The third kappa shape index (κ3) is 4.96. The van der Waals surface area contributed by atoms with Crippen molar-refractivity contribution in [3.05, 3.63) is 18.2 Å². The molecule has 2 heterocycles. The van der Waals surface area contributed by atoms with Crippen LogP contribution in [0.15, 0.2) is 12.4 Å².